The van der Waals surface area contributed by atoms with Crippen molar-refractivity contribution in [1.29, 1.82) is 0 Å². The Bertz CT molecular complexity index is 1180. The molecule has 0 spiro atoms. The number of carboxylic acids is 1. The number of nitrogens with one attached hydrogen (secondary N) is 2. The van der Waals surface area contributed by atoms with Gasteiger partial charge < -0.3 is 9.84 Å². The van der Waals surface area contributed by atoms with Gasteiger partial charge in [-0.1, -0.05) is 48.5 Å². The van der Waals surface area contributed by atoms with Crippen molar-refractivity contribution in [1.82, 2.24) is 15.3 Å². The number of fused-ring (bicyclic) bond motifs is 3. The maximum absolute atomic E-state index is 12.5. The van der Waals surface area contributed by atoms with Gasteiger partial charge in [-0.05, 0) is 29.2 Å². The quantitative estimate of drug-likeness (QED) is 0.472. The first-order valence-corrected chi connectivity index (χ1v) is 10.2. The molecule has 2 amide bonds. The molecular weight excluding hydrogens is 428 g/mol. The van der Waals surface area contributed by atoms with Crippen LogP contribution in [-0.2, 0) is 21.4 Å². The SMILES string of the molecule is CC(ONC(=O)c1cn(C)nc1NC(=O)OCC1c2ccccc2-c2ccccc21)C(=O)O. The maximum Gasteiger partial charge on any atom is 0.412 e. The number of anilines is 1. The summed E-state index contributed by atoms with van der Waals surface area (Å²) in [6, 6.07) is 16.0. The topological polar surface area (TPSA) is 132 Å². The summed E-state index contributed by atoms with van der Waals surface area (Å²) in [7, 11) is 1.57. The Kier molecular flexibility index (Phi) is 6.09. The summed E-state index contributed by atoms with van der Waals surface area (Å²) in [5, 5.41) is 15.4. The standard InChI is InChI=1S/C23H22N4O6/c1-13(22(29)30)33-26-21(28)18-11-27(2)25-20(18)24-23(31)32-12-19-16-9-5-3-7-14(16)15-8-4-6-10-17(15)19/h3-11,13,19H,12H2,1-2H3,(H,26,28)(H,29,30)(H,24,25,31). The number of aromatic nitrogens is 2. The molecule has 1 atom stereocenters. The van der Waals surface area contributed by atoms with Crippen LogP contribution in [0.3, 0.4) is 0 Å². The van der Waals surface area contributed by atoms with E-state index in [0.717, 1.165) is 22.3 Å². The van der Waals surface area contributed by atoms with Crippen molar-refractivity contribution in [2.45, 2.75) is 18.9 Å². The van der Waals surface area contributed by atoms with Crippen LogP contribution in [0.1, 0.15) is 34.3 Å². The molecule has 0 saturated heterocycles. The molecule has 1 aromatic heterocycles. The van der Waals surface area contributed by atoms with Crippen LogP contribution in [0, 0.1) is 0 Å². The highest BCUT2D eigenvalue weighted by atomic mass is 16.7. The predicted octanol–water partition coefficient (Wildman–Crippen LogP) is 2.92. The Morgan fingerprint density at radius 3 is 2.30 bits per heavy atom. The molecule has 1 heterocycles. The van der Waals surface area contributed by atoms with Crippen LogP contribution in [0.2, 0.25) is 0 Å². The first-order chi connectivity index (χ1) is 15.8. The van der Waals surface area contributed by atoms with E-state index >= 15 is 0 Å². The number of nitrogens with zero attached hydrogens (tertiary/aromatic N) is 2. The Morgan fingerprint density at radius 1 is 1.09 bits per heavy atom. The molecule has 1 aliphatic carbocycles. The molecule has 33 heavy (non-hydrogen) atoms. The smallest absolute Gasteiger partial charge is 0.412 e. The molecule has 0 bridgehead atoms. The van der Waals surface area contributed by atoms with Gasteiger partial charge in [0.1, 0.15) is 12.2 Å². The average Bonchev–Trinajstić information content (AvgIpc) is 3.33. The third kappa shape index (κ3) is 4.55. The number of rotatable bonds is 7. The zero-order chi connectivity index (χ0) is 23.5. The van der Waals surface area contributed by atoms with E-state index in [1.54, 1.807) is 7.05 Å². The average molecular weight is 450 g/mol. The zero-order valence-electron chi connectivity index (χ0n) is 17.9. The lowest BCUT2D eigenvalue weighted by Crippen LogP contribution is -2.32. The summed E-state index contributed by atoms with van der Waals surface area (Å²) in [6.07, 6.45) is -0.656. The highest BCUT2D eigenvalue weighted by Gasteiger charge is 2.29. The largest absolute Gasteiger partial charge is 0.479 e. The molecule has 10 heteroatoms. The Balaban J connectivity index is 1.42. The van der Waals surface area contributed by atoms with Crippen LogP contribution in [0.15, 0.2) is 54.7 Å². The van der Waals surface area contributed by atoms with Gasteiger partial charge in [-0.2, -0.15) is 5.10 Å². The normalized spacial score (nSPS) is 13.0. The van der Waals surface area contributed by atoms with Gasteiger partial charge in [-0.3, -0.25) is 19.6 Å². The molecule has 3 N–H and O–H groups in total. The minimum absolute atomic E-state index is 0.0106. The van der Waals surface area contributed by atoms with Gasteiger partial charge in [0.05, 0.1) is 0 Å². The van der Waals surface area contributed by atoms with Crippen LogP contribution in [0.5, 0.6) is 0 Å². The Morgan fingerprint density at radius 2 is 1.70 bits per heavy atom. The molecule has 170 valence electrons. The summed E-state index contributed by atoms with van der Waals surface area (Å²) in [4.78, 5) is 40.5. The van der Waals surface area contributed by atoms with Crippen molar-refractivity contribution in [3.63, 3.8) is 0 Å². The predicted molar refractivity (Wildman–Crippen MR) is 118 cm³/mol. The van der Waals surface area contributed by atoms with E-state index in [9.17, 15) is 14.4 Å². The number of hydroxylamine groups is 1. The number of carbonyl (C=O) groups excluding carboxylic acids is 2. The van der Waals surface area contributed by atoms with Gasteiger partial charge >= 0.3 is 12.1 Å². The lowest BCUT2D eigenvalue weighted by molar-refractivity contribution is -0.152. The number of aliphatic carboxylic acids is 1. The van der Waals surface area contributed by atoms with Gasteiger partial charge in [-0.25, -0.2) is 15.1 Å². The molecule has 1 unspecified atom stereocenters. The fourth-order valence-electron chi connectivity index (χ4n) is 3.73. The van der Waals surface area contributed by atoms with Crippen LogP contribution >= 0.6 is 0 Å². The van der Waals surface area contributed by atoms with Crippen molar-refractivity contribution in [3.8, 4) is 11.1 Å². The minimum Gasteiger partial charge on any atom is -0.479 e. The lowest BCUT2D eigenvalue weighted by Gasteiger charge is -2.14. The summed E-state index contributed by atoms with van der Waals surface area (Å²) in [5.41, 5.74) is 6.41. The number of hydrogen-bond donors (Lipinski definition) is 3. The van der Waals surface area contributed by atoms with Gasteiger partial charge in [0.15, 0.2) is 11.9 Å². The van der Waals surface area contributed by atoms with E-state index < -0.39 is 24.1 Å². The van der Waals surface area contributed by atoms with Crippen molar-refractivity contribution < 1.29 is 29.1 Å². The van der Waals surface area contributed by atoms with Crippen LogP contribution in [0.4, 0.5) is 10.6 Å². The van der Waals surface area contributed by atoms with Gasteiger partial charge in [-0.15, -0.1) is 0 Å². The third-order valence-electron chi connectivity index (χ3n) is 5.31. The van der Waals surface area contributed by atoms with E-state index in [2.05, 4.69) is 10.4 Å². The number of amides is 2. The Hall–Kier alpha value is -4.18. The molecule has 3 aromatic rings. The van der Waals surface area contributed by atoms with E-state index in [-0.39, 0.29) is 23.9 Å². The molecule has 2 aromatic carbocycles. The maximum atomic E-state index is 12.5. The molecule has 0 aliphatic heterocycles. The van der Waals surface area contributed by atoms with Crippen molar-refractivity contribution in [2.24, 2.45) is 7.05 Å². The molecule has 0 saturated carbocycles. The van der Waals surface area contributed by atoms with E-state index in [1.165, 1.54) is 17.8 Å². The Labute approximate surface area is 189 Å². The van der Waals surface area contributed by atoms with Crippen LogP contribution in [-0.4, -0.2) is 45.6 Å². The van der Waals surface area contributed by atoms with Crippen molar-refractivity contribution in [3.05, 3.63) is 71.4 Å². The molecular formula is C23H22N4O6. The number of carbonyl (C=O) groups is 3. The molecule has 10 nitrogen and oxygen atoms in total. The second-order valence-corrected chi connectivity index (χ2v) is 7.55. The number of carboxylic acid groups (broad SMARTS) is 1. The summed E-state index contributed by atoms with van der Waals surface area (Å²) < 4.78 is 6.81. The fraction of sp³-hybridized carbons (Fsp3) is 0.217. The first-order valence-electron chi connectivity index (χ1n) is 10.2. The second kappa shape index (κ2) is 9.13. The van der Waals surface area contributed by atoms with Crippen LogP contribution in [0.25, 0.3) is 11.1 Å². The minimum atomic E-state index is -1.25. The highest BCUT2D eigenvalue weighted by molar-refractivity contribution is 6.01. The molecule has 4 rings (SSSR count). The second-order valence-electron chi connectivity index (χ2n) is 7.55. The van der Waals surface area contributed by atoms with E-state index in [1.807, 2.05) is 54.0 Å². The van der Waals surface area contributed by atoms with Gasteiger partial charge in [0.25, 0.3) is 5.91 Å². The summed E-state index contributed by atoms with van der Waals surface area (Å²) in [5.74, 6) is -2.15. The summed E-state index contributed by atoms with van der Waals surface area (Å²) >= 11 is 0. The monoisotopic (exact) mass is 450 g/mol. The van der Waals surface area contributed by atoms with Crippen molar-refractivity contribution >= 4 is 23.8 Å². The van der Waals surface area contributed by atoms with E-state index in [4.69, 9.17) is 14.7 Å². The van der Waals surface area contributed by atoms with Crippen molar-refractivity contribution in [2.75, 3.05) is 11.9 Å². The number of hydrogen-bond acceptors (Lipinski definition) is 6. The fourth-order valence-corrected chi connectivity index (χ4v) is 3.73. The van der Waals surface area contributed by atoms with E-state index in [0.29, 0.717) is 0 Å². The molecule has 0 radical (unpaired) electrons. The van der Waals surface area contributed by atoms with Gasteiger partial charge in [0, 0.05) is 19.2 Å². The highest BCUT2D eigenvalue weighted by Crippen LogP contribution is 2.44. The van der Waals surface area contributed by atoms with Gasteiger partial charge in [0.2, 0.25) is 0 Å². The molecule has 0 fully saturated rings. The number of benzene rings is 2. The number of ether oxygens (including phenoxy) is 1. The number of aryl methyl sites for hydroxylation is 1. The zero-order valence-corrected chi connectivity index (χ0v) is 17.9. The first kappa shape index (κ1) is 22.0. The third-order valence-corrected chi connectivity index (χ3v) is 5.31. The lowest BCUT2D eigenvalue weighted by atomic mass is 9.98. The summed E-state index contributed by atoms with van der Waals surface area (Å²) in [6.45, 7) is 1.37. The molecule has 1 aliphatic rings. The van der Waals surface area contributed by atoms with Crippen LogP contribution < -0.4 is 10.8 Å².